The zero-order valence-electron chi connectivity index (χ0n) is 14.2. The number of benzene rings is 2. The quantitative estimate of drug-likeness (QED) is 0.413. The smallest absolute Gasteiger partial charge is 0.278 e. The third kappa shape index (κ3) is 3.68. The summed E-state index contributed by atoms with van der Waals surface area (Å²) >= 11 is 0. The van der Waals surface area contributed by atoms with Gasteiger partial charge in [-0.05, 0) is 55.3 Å². The minimum Gasteiger partial charge on any atom is -0.492 e. The predicted octanol–water partition coefficient (Wildman–Crippen LogP) is 4.25. The normalized spacial score (nSPS) is 10.6. The van der Waals surface area contributed by atoms with Crippen LogP contribution >= 0.6 is 0 Å². The molecule has 3 aromatic rings. The van der Waals surface area contributed by atoms with Crippen molar-refractivity contribution in [2.24, 2.45) is 0 Å². The molecule has 0 radical (unpaired) electrons. The molecule has 0 unspecified atom stereocenters. The fourth-order valence-corrected chi connectivity index (χ4v) is 2.62. The van der Waals surface area contributed by atoms with Gasteiger partial charge in [-0.2, -0.15) is 0 Å². The van der Waals surface area contributed by atoms with E-state index in [2.05, 4.69) is 24.1 Å². The number of nitro benzene ring substituents is 1. The molecule has 25 heavy (non-hydrogen) atoms. The number of hydrogen-bond acceptors (Lipinski definition) is 5. The number of aryl methyl sites for hydroxylation is 2. The van der Waals surface area contributed by atoms with E-state index < -0.39 is 4.92 Å². The average Bonchev–Trinajstić information content (AvgIpc) is 2.61. The van der Waals surface area contributed by atoms with E-state index >= 15 is 0 Å². The Hall–Kier alpha value is -3.15. The van der Waals surface area contributed by atoms with Crippen LogP contribution in [0.1, 0.15) is 11.1 Å². The predicted molar refractivity (Wildman–Crippen MR) is 98.3 cm³/mol. The molecule has 1 aromatic heterocycles. The van der Waals surface area contributed by atoms with Crippen LogP contribution in [-0.2, 0) is 0 Å². The number of rotatable bonds is 6. The van der Waals surface area contributed by atoms with Crippen LogP contribution in [0.3, 0.4) is 0 Å². The van der Waals surface area contributed by atoms with Gasteiger partial charge in [0.2, 0.25) is 0 Å². The van der Waals surface area contributed by atoms with E-state index in [1.54, 1.807) is 24.4 Å². The molecule has 2 aromatic carbocycles. The van der Waals surface area contributed by atoms with Gasteiger partial charge in [0.05, 0.1) is 16.0 Å². The van der Waals surface area contributed by atoms with Crippen LogP contribution in [-0.4, -0.2) is 23.1 Å². The maximum absolute atomic E-state index is 11.1. The summed E-state index contributed by atoms with van der Waals surface area (Å²) in [6, 6.07) is 12.6. The van der Waals surface area contributed by atoms with Crippen molar-refractivity contribution >= 4 is 22.3 Å². The molecule has 6 heteroatoms. The van der Waals surface area contributed by atoms with Gasteiger partial charge >= 0.3 is 0 Å². The highest BCUT2D eigenvalue weighted by molar-refractivity contribution is 5.96. The van der Waals surface area contributed by atoms with Crippen LogP contribution in [0, 0.1) is 24.0 Å². The first kappa shape index (κ1) is 16.7. The Morgan fingerprint density at radius 1 is 1.16 bits per heavy atom. The van der Waals surface area contributed by atoms with Gasteiger partial charge in [0.15, 0.2) is 0 Å². The number of non-ortho nitro benzene ring substituents is 1. The molecule has 128 valence electrons. The van der Waals surface area contributed by atoms with Crippen molar-refractivity contribution in [2.45, 2.75) is 13.8 Å². The minimum absolute atomic E-state index is 0.0556. The molecule has 0 aliphatic carbocycles. The lowest BCUT2D eigenvalue weighted by Crippen LogP contribution is -2.12. The molecule has 3 rings (SSSR count). The van der Waals surface area contributed by atoms with Gasteiger partial charge in [0.25, 0.3) is 5.69 Å². The fraction of sp³-hybridized carbons (Fsp3) is 0.211. The molecule has 1 N–H and O–H groups in total. The molecular formula is C19H19N3O3. The molecule has 0 aliphatic heterocycles. The summed E-state index contributed by atoms with van der Waals surface area (Å²) in [6.45, 7) is 5.16. The second-order valence-corrected chi connectivity index (χ2v) is 5.81. The number of fused-ring (bicyclic) bond motifs is 1. The van der Waals surface area contributed by atoms with Crippen molar-refractivity contribution in [3.8, 4) is 5.75 Å². The van der Waals surface area contributed by atoms with Crippen LogP contribution in [0.5, 0.6) is 5.75 Å². The fourth-order valence-electron chi connectivity index (χ4n) is 2.62. The molecule has 6 nitrogen and oxygen atoms in total. The Morgan fingerprint density at radius 2 is 2.00 bits per heavy atom. The minimum atomic E-state index is -0.392. The highest BCUT2D eigenvalue weighted by atomic mass is 16.6. The maximum Gasteiger partial charge on any atom is 0.278 e. The molecule has 0 aliphatic rings. The second kappa shape index (κ2) is 7.17. The Bertz CT molecular complexity index is 925. The van der Waals surface area contributed by atoms with Gasteiger partial charge in [-0.15, -0.1) is 0 Å². The molecule has 0 saturated carbocycles. The topological polar surface area (TPSA) is 77.3 Å². The first-order valence-electron chi connectivity index (χ1n) is 8.02. The van der Waals surface area contributed by atoms with Crippen LogP contribution in [0.15, 0.2) is 48.7 Å². The summed E-state index contributed by atoms with van der Waals surface area (Å²) in [5, 5.41) is 14.9. The number of nitrogens with zero attached hydrogens (tertiary/aromatic N) is 2. The summed E-state index contributed by atoms with van der Waals surface area (Å²) in [4.78, 5) is 15.0. The van der Waals surface area contributed by atoms with E-state index in [0.29, 0.717) is 24.1 Å². The van der Waals surface area contributed by atoms with Gasteiger partial charge < -0.3 is 10.1 Å². The zero-order valence-corrected chi connectivity index (χ0v) is 14.2. The molecule has 0 saturated heterocycles. The molecule has 0 bridgehead atoms. The van der Waals surface area contributed by atoms with E-state index in [-0.39, 0.29) is 5.69 Å². The molecule has 0 amide bonds. The van der Waals surface area contributed by atoms with E-state index in [1.165, 1.54) is 17.2 Å². The number of nitro groups is 1. The molecular weight excluding hydrogens is 318 g/mol. The Morgan fingerprint density at radius 3 is 2.76 bits per heavy atom. The number of ether oxygens (including phenoxy) is 1. The number of anilines is 1. The lowest BCUT2D eigenvalue weighted by Gasteiger charge is -2.11. The van der Waals surface area contributed by atoms with Crippen molar-refractivity contribution < 1.29 is 9.66 Å². The average molecular weight is 337 g/mol. The van der Waals surface area contributed by atoms with Gasteiger partial charge in [-0.1, -0.05) is 6.07 Å². The maximum atomic E-state index is 11.1. The van der Waals surface area contributed by atoms with Gasteiger partial charge in [-0.3, -0.25) is 15.1 Å². The van der Waals surface area contributed by atoms with Crippen molar-refractivity contribution in [3.63, 3.8) is 0 Å². The summed E-state index contributed by atoms with van der Waals surface area (Å²) in [5.74, 6) is 0.830. The first-order chi connectivity index (χ1) is 12.1. The standard InChI is InChI=1S/C19H19N3O3/c1-13-5-6-15(12-14(13)2)25-11-10-20-17-7-8-18(22(23)24)16-4-3-9-21-19(16)17/h3-9,12,20H,10-11H2,1-2H3. The van der Waals surface area contributed by atoms with Crippen LogP contribution in [0.2, 0.25) is 0 Å². The molecule has 1 heterocycles. The Kier molecular flexibility index (Phi) is 4.79. The van der Waals surface area contributed by atoms with Gasteiger partial charge in [0.1, 0.15) is 17.9 Å². The molecule has 0 spiro atoms. The lowest BCUT2D eigenvalue weighted by molar-refractivity contribution is -0.383. The van der Waals surface area contributed by atoms with Crippen molar-refractivity contribution in [3.05, 3.63) is 69.9 Å². The zero-order chi connectivity index (χ0) is 17.8. The van der Waals surface area contributed by atoms with Crippen molar-refractivity contribution in [1.82, 2.24) is 4.98 Å². The highest BCUT2D eigenvalue weighted by Gasteiger charge is 2.14. The summed E-state index contributed by atoms with van der Waals surface area (Å²) in [6.07, 6.45) is 1.63. The highest BCUT2D eigenvalue weighted by Crippen LogP contribution is 2.29. The van der Waals surface area contributed by atoms with Crippen molar-refractivity contribution in [1.29, 1.82) is 0 Å². The van der Waals surface area contributed by atoms with E-state index in [0.717, 1.165) is 11.4 Å². The van der Waals surface area contributed by atoms with E-state index in [9.17, 15) is 10.1 Å². The van der Waals surface area contributed by atoms with E-state index in [4.69, 9.17) is 4.74 Å². The Labute approximate surface area is 145 Å². The van der Waals surface area contributed by atoms with E-state index in [1.807, 2.05) is 18.2 Å². The Balaban J connectivity index is 1.68. The first-order valence-corrected chi connectivity index (χ1v) is 8.02. The second-order valence-electron chi connectivity index (χ2n) is 5.81. The van der Waals surface area contributed by atoms with Crippen LogP contribution in [0.4, 0.5) is 11.4 Å². The molecule has 0 fully saturated rings. The lowest BCUT2D eigenvalue weighted by atomic mass is 10.1. The SMILES string of the molecule is Cc1ccc(OCCNc2ccc([N+](=O)[O-])c3cccnc23)cc1C. The largest absolute Gasteiger partial charge is 0.492 e. The third-order valence-corrected chi connectivity index (χ3v) is 4.11. The molecule has 0 atom stereocenters. The monoisotopic (exact) mass is 337 g/mol. The van der Waals surface area contributed by atoms with Crippen molar-refractivity contribution in [2.75, 3.05) is 18.5 Å². The number of aromatic nitrogens is 1. The number of nitrogens with one attached hydrogen (secondary N) is 1. The summed E-state index contributed by atoms with van der Waals surface area (Å²) in [5.41, 5.74) is 3.82. The van der Waals surface area contributed by atoms with Crippen LogP contribution in [0.25, 0.3) is 10.9 Å². The number of pyridine rings is 1. The summed E-state index contributed by atoms with van der Waals surface area (Å²) in [7, 11) is 0. The third-order valence-electron chi connectivity index (χ3n) is 4.11. The number of hydrogen-bond donors (Lipinski definition) is 1. The van der Waals surface area contributed by atoms with Gasteiger partial charge in [-0.25, -0.2) is 0 Å². The summed E-state index contributed by atoms with van der Waals surface area (Å²) < 4.78 is 5.75. The van der Waals surface area contributed by atoms with Gasteiger partial charge in [0, 0.05) is 18.8 Å². The van der Waals surface area contributed by atoms with Crippen LogP contribution < -0.4 is 10.1 Å².